The molecule has 118 valence electrons. The molecule has 0 spiro atoms. The molecule has 0 aliphatic carbocycles. The van der Waals surface area contributed by atoms with E-state index in [2.05, 4.69) is 10.4 Å². The van der Waals surface area contributed by atoms with Gasteiger partial charge in [0.25, 0.3) is 5.91 Å². The summed E-state index contributed by atoms with van der Waals surface area (Å²) in [4.78, 5) is 12.4. The molecule has 0 unspecified atom stereocenters. The number of benzene rings is 1. The Morgan fingerprint density at radius 2 is 2.05 bits per heavy atom. The van der Waals surface area contributed by atoms with Gasteiger partial charge in [0.05, 0.1) is 22.8 Å². The zero-order chi connectivity index (χ0) is 16.2. The molecule has 0 aliphatic rings. The van der Waals surface area contributed by atoms with E-state index in [-0.39, 0.29) is 22.3 Å². The minimum Gasteiger partial charge on any atom is -0.348 e. The molecule has 0 aliphatic heterocycles. The van der Waals surface area contributed by atoms with Crippen molar-refractivity contribution in [1.29, 1.82) is 0 Å². The van der Waals surface area contributed by atoms with Crippen LogP contribution in [0.2, 0.25) is 0 Å². The fourth-order valence-electron chi connectivity index (χ4n) is 2.12. The van der Waals surface area contributed by atoms with Crippen LogP contribution < -0.4 is 5.32 Å². The molecule has 1 atom stereocenters. The van der Waals surface area contributed by atoms with E-state index in [1.807, 2.05) is 6.92 Å². The number of sulfone groups is 1. The average Bonchev–Trinajstić information content (AvgIpc) is 3.00. The Morgan fingerprint density at radius 3 is 2.68 bits per heavy atom. The third-order valence-electron chi connectivity index (χ3n) is 3.24. The van der Waals surface area contributed by atoms with Crippen LogP contribution in [0.3, 0.4) is 0 Å². The van der Waals surface area contributed by atoms with Gasteiger partial charge in [-0.3, -0.25) is 9.48 Å². The summed E-state index contributed by atoms with van der Waals surface area (Å²) >= 11 is 0. The first kappa shape index (κ1) is 16.2. The van der Waals surface area contributed by atoms with E-state index in [9.17, 15) is 13.2 Å². The molecule has 1 heterocycles. The van der Waals surface area contributed by atoms with Crippen molar-refractivity contribution >= 4 is 15.7 Å². The van der Waals surface area contributed by atoms with Crippen molar-refractivity contribution in [2.24, 2.45) is 0 Å². The number of hydrogen-bond donors (Lipinski definition) is 1. The molecule has 1 N–H and O–H groups in total. The Labute approximate surface area is 130 Å². The Balaban J connectivity index is 2.16. The second-order valence-electron chi connectivity index (χ2n) is 5.00. The van der Waals surface area contributed by atoms with Crippen LogP contribution in [0.15, 0.2) is 47.6 Å². The van der Waals surface area contributed by atoms with Gasteiger partial charge in [0.2, 0.25) is 0 Å². The smallest absolute Gasteiger partial charge is 0.252 e. The maximum Gasteiger partial charge on any atom is 0.252 e. The zero-order valence-electron chi connectivity index (χ0n) is 12.6. The van der Waals surface area contributed by atoms with Crippen LogP contribution in [-0.4, -0.2) is 35.9 Å². The Hall–Kier alpha value is -2.15. The van der Waals surface area contributed by atoms with Crippen molar-refractivity contribution in [2.75, 3.05) is 5.75 Å². The summed E-state index contributed by atoms with van der Waals surface area (Å²) in [6, 6.07) is 7.89. The molecule has 0 radical (unpaired) electrons. The lowest BCUT2D eigenvalue weighted by Gasteiger charge is -2.15. The van der Waals surface area contributed by atoms with E-state index >= 15 is 0 Å². The third kappa shape index (κ3) is 3.73. The normalized spacial score (nSPS) is 12.8. The summed E-state index contributed by atoms with van der Waals surface area (Å²) in [7, 11) is -3.44. The highest BCUT2D eigenvalue weighted by Gasteiger charge is 2.21. The summed E-state index contributed by atoms with van der Waals surface area (Å²) in [5.41, 5.74) is 0.177. The standard InChI is InChI=1S/C15H19N3O3S/c1-3-22(20,21)14-8-5-4-7-13(14)15(19)17-12(2)11-18-10-6-9-16-18/h4-10,12H,3,11H2,1-2H3,(H,17,19)/t12-/m0/s1. The molecule has 2 aromatic rings. The van der Waals surface area contributed by atoms with Crippen LogP contribution in [0.4, 0.5) is 0 Å². The first-order valence-corrected chi connectivity index (χ1v) is 8.69. The molecule has 1 amide bonds. The molecule has 6 nitrogen and oxygen atoms in total. The number of aromatic nitrogens is 2. The van der Waals surface area contributed by atoms with Gasteiger partial charge in [-0.2, -0.15) is 5.10 Å². The number of amides is 1. The van der Waals surface area contributed by atoms with Gasteiger partial charge in [-0.1, -0.05) is 19.1 Å². The number of rotatable bonds is 6. The summed E-state index contributed by atoms with van der Waals surface area (Å²) < 4.78 is 25.9. The molecule has 1 aromatic carbocycles. The van der Waals surface area contributed by atoms with Gasteiger partial charge in [-0.25, -0.2) is 8.42 Å². The molecule has 22 heavy (non-hydrogen) atoms. The Kier molecular flexibility index (Phi) is 4.97. The van der Waals surface area contributed by atoms with E-state index in [0.29, 0.717) is 6.54 Å². The highest BCUT2D eigenvalue weighted by Crippen LogP contribution is 2.17. The van der Waals surface area contributed by atoms with Crippen molar-refractivity contribution < 1.29 is 13.2 Å². The summed E-state index contributed by atoms with van der Waals surface area (Å²) in [6.07, 6.45) is 3.47. The van der Waals surface area contributed by atoms with E-state index in [1.54, 1.807) is 42.2 Å². The lowest BCUT2D eigenvalue weighted by atomic mass is 10.2. The second kappa shape index (κ2) is 6.74. The van der Waals surface area contributed by atoms with Crippen LogP contribution in [0.1, 0.15) is 24.2 Å². The van der Waals surface area contributed by atoms with Gasteiger partial charge >= 0.3 is 0 Å². The second-order valence-corrected chi connectivity index (χ2v) is 7.25. The van der Waals surface area contributed by atoms with E-state index in [1.165, 1.54) is 12.1 Å². The van der Waals surface area contributed by atoms with Gasteiger partial charge in [-0.05, 0) is 25.1 Å². The molecule has 0 saturated carbocycles. The van der Waals surface area contributed by atoms with Crippen LogP contribution >= 0.6 is 0 Å². The molecule has 1 aromatic heterocycles. The average molecular weight is 321 g/mol. The van der Waals surface area contributed by atoms with E-state index in [0.717, 1.165) is 0 Å². The Bertz CT molecular complexity index is 739. The molecule has 0 bridgehead atoms. The molecule has 2 rings (SSSR count). The Morgan fingerprint density at radius 1 is 1.32 bits per heavy atom. The number of carbonyl (C=O) groups excluding carboxylic acids is 1. The lowest BCUT2D eigenvalue weighted by molar-refractivity contribution is 0.0932. The van der Waals surface area contributed by atoms with Gasteiger partial charge in [0, 0.05) is 18.4 Å². The van der Waals surface area contributed by atoms with Crippen molar-refractivity contribution in [3.8, 4) is 0 Å². The van der Waals surface area contributed by atoms with Crippen molar-refractivity contribution in [1.82, 2.24) is 15.1 Å². The van der Waals surface area contributed by atoms with E-state index in [4.69, 9.17) is 0 Å². The highest BCUT2D eigenvalue weighted by molar-refractivity contribution is 7.91. The summed E-state index contributed by atoms with van der Waals surface area (Å²) in [6.45, 7) is 3.92. The van der Waals surface area contributed by atoms with Crippen LogP contribution in [-0.2, 0) is 16.4 Å². The first-order valence-electron chi connectivity index (χ1n) is 7.04. The van der Waals surface area contributed by atoms with Crippen molar-refractivity contribution in [3.63, 3.8) is 0 Å². The number of nitrogens with zero attached hydrogens (tertiary/aromatic N) is 2. The zero-order valence-corrected chi connectivity index (χ0v) is 13.4. The summed E-state index contributed by atoms with van der Waals surface area (Å²) in [5, 5.41) is 6.88. The number of hydrogen-bond acceptors (Lipinski definition) is 4. The first-order chi connectivity index (χ1) is 10.4. The van der Waals surface area contributed by atoms with Crippen LogP contribution in [0.25, 0.3) is 0 Å². The minimum absolute atomic E-state index is 0.0415. The third-order valence-corrected chi connectivity index (χ3v) is 5.03. The quantitative estimate of drug-likeness (QED) is 0.874. The van der Waals surface area contributed by atoms with Gasteiger partial charge in [0.1, 0.15) is 0 Å². The molecule has 7 heteroatoms. The topological polar surface area (TPSA) is 81.1 Å². The molecule has 0 fully saturated rings. The molecule has 0 saturated heterocycles. The van der Waals surface area contributed by atoms with Gasteiger partial charge < -0.3 is 5.32 Å². The lowest BCUT2D eigenvalue weighted by Crippen LogP contribution is -2.36. The molecular weight excluding hydrogens is 302 g/mol. The van der Waals surface area contributed by atoms with Crippen LogP contribution in [0, 0.1) is 0 Å². The minimum atomic E-state index is -3.44. The number of nitrogens with one attached hydrogen (secondary N) is 1. The molecular formula is C15H19N3O3S. The number of carbonyl (C=O) groups is 1. The predicted octanol–water partition coefficient (Wildman–Crippen LogP) is 1.50. The van der Waals surface area contributed by atoms with Gasteiger partial charge in [0.15, 0.2) is 9.84 Å². The largest absolute Gasteiger partial charge is 0.348 e. The van der Waals surface area contributed by atoms with E-state index < -0.39 is 15.7 Å². The maximum absolute atomic E-state index is 12.4. The van der Waals surface area contributed by atoms with Crippen molar-refractivity contribution in [3.05, 3.63) is 48.3 Å². The van der Waals surface area contributed by atoms with Crippen LogP contribution in [0.5, 0.6) is 0 Å². The summed E-state index contributed by atoms with van der Waals surface area (Å²) in [5.74, 6) is -0.438. The maximum atomic E-state index is 12.4. The predicted molar refractivity (Wildman–Crippen MR) is 83.3 cm³/mol. The fourth-order valence-corrected chi connectivity index (χ4v) is 3.21. The monoisotopic (exact) mass is 321 g/mol. The fraction of sp³-hybridized carbons (Fsp3) is 0.333. The highest BCUT2D eigenvalue weighted by atomic mass is 32.2. The van der Waals surface area contributed by atoms with Crippen molar-refractivity contribution in [2.45, 2.75) is 31.3 Å². The SMILES string of the molecule is CCS(=O)(=O)c1ccccc1C(=O)N[C@@H](C)Cn1cccn1. The van der Waals surface area contributed by atoms with Gasteiger partial charge in [-0.15, -0.1) is 0 Å².